The van der Waals surface area contributed by atoms with E-state index in [4.69, 9.17) is 4.74 Å². The zero-order chi connectivity index (χ0) is 12.3. The number of thiazole rings is 1. The molecule has 2 aromatic heterocycles. The van der Waals surface area contributed by atoms with Crippen molar-refractivity contribution in [3.8, 4) is 5.19 Å². The minimum atomic E-state index is 0.0323. The Morgan fingerprint density at radius 3 is 2.94 bits per heavy atom. The monoisotopic (exact) mass is 265 g/mol. The molecule has 88 valence electrons. The molecule has 0 atom stereocenters. The molecular weight excluding hydrogens is 254 g/mol. The molecular formula is C12H11NO2S2. The maximum atomic E-state index is 11.9. The van der Waals surface area contributed by atoms with Crippen molar-refractivity contribution in [3.63, 3.8) is 0 Å². The first-order valence-corrected chi connectivity index (χ1v) is 6.66. The van der Waals surface area contributed by atoms with E-state index < -0.39 is 0 Å². The predicted octanol–water partition coefficient (Wildman–Crippen LogP) is 3.42. The summed E-state index contributed by atoms with van der Waals surface area (Å²) < 4.78 is 4.98. The average Bonchev–Trinajstić information content (AvgIpc) is 2.94. The molecule has 2 heterocycles. The van der Waals surface area contributed by atoms with Gasteiger partial charge in [-0.25, -0.2) is 4.98 Å². The molecule has 3 nitrogen and oxygen atoms in total. The van der Waals surface area contributed by atoms with Gasteiger partial charge in [0.15, 0.2) is 5.78 Å². The maximum Gasteiger partial charge on any atom is 0.273 e. The van der Waals surface area contributed by atoms with Gasteiger partial charge in [-0.2, -0.15) is 0 Å². The summed E-state index contributed by atoms with van der Waals surface area (Å²) in [6.45, 7) is 1.94. The van der Waals surface area contributed by atoms with Crippen LogP contribution in [0, 0.1) is 6.92 Å². The normalized spacial score (nSPS) is 10.9. The molecule has 0 radical (unpaired) electrons. The highest BCUT2D eigenvalue weighted by Gasteiger charge is 2.07. The van der Waals surface area contributed by atoms with E-state index in [1.54, 1.807) is 25.5 Å². The van der Waals surface area contributed by atoms with Crippen LogP contribution in [0.1, 0.15) is 20.1 Å². The third kappa shape index (κ3) is 2.81. The van der Waals surface area contributed by atoms with Crippen molar-refractivity contribution >= 4 is 34.5 Å². The fourth-order valence-corrected chi connectivity index (χ4v) is 2.78. The Balaban J connectivity index is 2.11. The summed E-state index contributed by atoms with van der Waals surface area (Å²) in [5.41, 5.74) is 1.02. The van der Waals surface area contributed by atoms with Crippen LogP contribution in [0.5, 0.6) is 5.19 Å². The second-order valence-electron chi connectivity index (χ2n) is 3.36. The van der Waals surface area contributed by atoms with Crippen LogP contribution in [0.25, 0.3) is 6.08 Å². The minimum Gasteiger partial charge on any atom is -0.473 e. The van der Waals surface area contributed by atoms with Gasteiger partial charge in [0.1, 0.15) is 0 Å². The van der Waals surface area contributed by atoms with Crippen LogP contribution in [0.2, 0.25) is 0 Å². The number of rotatable bonds is 4. The standard InChI is InChI=1S/C12H11NO2S2/c1-8-5-6-16-11(8)10(14)4-3-9-7-13-12(15-2)17-9/h3-7H,1-2H3. The van der Waals surface area contributed by atoms with E-state index in [1.165, 1.54) is 22.7 Å². The number of aromatic nitrogens is 1. The lowest BCUT2D eigenvalue weighted by atomic mass is 10.2. The van der Waals surface area contributed by atoms with Crippen molar-refractivity contribution < 1.29 is 9.53 Å². The largest absolute Gasteiger partial charge is 0.473 e. The Labute approximate surface area is 107 Å². The van der Waals surface area contributed by atoms with E-state index in [9.17, 15) is 4.79 Å². The number of hydrogen-bond donors (Lipinski definition) is 0. The molecule has 5 heteroatoms. The number of carbonyl (C=O) groups is 1. The molecule has 0 amide bonds. The van der Waals surface area contributed by atoms with Gasteiger partial charge in [-0.3, -0.25) is 4.79 Å². The second kappa shape index (κ2) is 5.25. The summed E-state index contributed by atoms with van der Waals surface area (Å²) in [6.07, 6.45) is 5.03. The molecule has 0 saturated heterocycles. The number of aryl methyl sites for hydroxylation is 1. The van der Waals surface area contributed by atoms with E-state index in [-0.39, 0.29) is 5.78 Å². The van der Waals surface area contributed by atoms with Crippen LogP contribution in [0.3, 0.4) is 0 Å². The van der Waals surface area contributed by atoms with E-state index in [0.717, 1.165) is 15.3 Å². The minimum absolute atomic E-state index is 0.0323. The van der Waals surface area contributed by atoms with Crippen LogP contribution in [0.4, 0.5) is 0 Å². The Bertz CT molecular complexity index is 554. The van der Waals surface area contributed by atoms with Crippen molar-refractivity contribution in [1.82, 2.24) is 4.98 Å². The fraction of sp³-hybridized carbons (Fsp3) is 0.167. The number of ether oxygens (including phenoxy) is 1. The van der Waals surface area contributed by atoms with E-state index in [0.29, 0.717) is 5.19 Å². The molecule has 0 fully saturated rings. The van der Waals surface area contributed by atoms with Crippen molar-refractivity contribution in [2.75, 3.05) is 7.11 Å². The molecule has 0 aliphatic carbocycles. The van der Waals surface area contributed by atoms with Gasteiger partial charge in [0.25, 0.3) is 5.19 Å². The van der Waals surface area contributed by atoms with Gasteiger partial charge in [-0.1, -0.05) is 11.3 Å². The molecule has 0 aromatic carbocycles. The number of carbonyl (C=O) groups excluding carboxylic acids is 1. The van der Waals surface area contributed by atoms with Gasteiger partial charge in [0.2, 0.25) is 0 Å². The Kier molecular flexibility index (Phi) is 3.71. The van der Waals surface area contributed by atoms with Crippen molar-refractivity contribution in [3.05, 3.63) is 39.0 Å². The molecule has 2 aromatic rings. The lowest BCUT2D eigenvalue weighted by molar-refractivity contribution is 0.105. The first-order chi connectivity index (χ1) is 8.20. The number of nitrogens with zero attached hydrogens (tertiary/aromatic N) is 1. The first-order valence-electron chi connectivity index (χ1n) is 4.97. The number of methoxy groups -OCH3 is 1. The fourth-order valence-electron chi connectivity index (χ4n) is 1.30. The molecule has 2 rings (SSSR count). The predicted molar refractivity (Wildman–Crippen MR) is 71.1 cm³/mol. The highest BCUT2D eigenvalue weighted by molar-refractivity contribution is 7.14. The first kappa shape index (κ1) is 12.0. The molecule has 0 N–H and O–H groups in total. The summed E-state index contributed by atoms with van der Waals surface area (Å²) >= 11 is 2.87. The number of allylic oxidation sites excluding steroid dienone is 1. The topological polar surface area (TPSA) is 39.2 Å². The number of ketones is 1. The molecule has 0 unspecified atom stereocenters. The zero-order valence-corrected chi connectivity index (χ0v) is 11.1. The van der Waals surface area contributed by atoms with Gasteiger partial charge >= 0.3 is 0 Å². The molecule has 0 bridgehead atoms. The molecule has 0 saturated carbocycles. The number of hydrogen-bond acceptors (Lipinski definition) is 5. The highest BCUT2D eigenvalue weighted by Crippen LogP contribution is 2.22. The third-order valence-electron chi connectivity index (χ3n) is 2.16. The SMILES string of the molecule is COc1ncc(C=CC(=O)c2sccc2C)s1. The Morgan fingerprint density at radius 1 is 1.53 bits per heavy atom. The van der Waals surface area contributed by atoms with Crippen molar-refractivity contribution in [2.24, 2.45) is 0 Å². The molecule has 0 aliphatic rings. The van der Waals surface area contributed by atoms with Gasteiger partial charge < -0.3 is 4.74 Å². The van der Waals surface area contributed by atoms with Gasteiger partial charge in [0, 0.05) is 6.20 Å². The lowest BCUT2D eigenvalue weighted by Gasteiger charge is -1.91. The summed E-state index contributed by atoms with van der Waals surface area (Å²) in [5.74, 6) is 0.0323. The molecule has 0 aliphatic heterocycles. The maximum absolute atomic E-state index is 11.9. The quantitative estimate of drug-likeness (QED) is 0.628. The van der Waals surface area contributed by atoms with Gasteiger partial charge in [0.05, 0.1) is 16.9 Å². The summed E-state index contributed by atoms with van der Waals surface area (Å²) in [5, 5.41) is 2.52. The van der Waals surface area contributed by atoms with E-state index >= 15 is 0 Å². The summed E-state index contributed by atoms with van der Waals surface area (Å²) in [7, 11) is 1.58. The van der Waals surface area contributed by atoms with E-state index in [2.05, 4.69) is 4.98 Å². The van der Waals surface area contributed by atoms with Crippen LogP contribution < -0.4 is 4.74 Å². The molecule has 17 heavy (non-hydrogen) atoms. The second-order valence-corrected chi connectivity index (χ2v) is 5.30. The average molecular weight is 265 g/mol. The van der Waals surface area contributed by atoms with Crippen LogP contribution >= 0.6 is 22.7 Å². The molecule has 0 spiro atoms. The summed E-state index contributed by atoms with van der Waals surface area (Å²) in [4.78, 5) is 17.6. The van der Waals surface area contributed by atoms with Crippen LogP contribution in [-0.4, -0.2) is 17.9 Å². The van der Waals surface area contributed by atoms with Gasteiger partial charge in [-0.05, 0) is 36.1 Å². The van der Waals surface area contributed by atoms with Crippen molar-refractivity contribution in [1.29, 1.82) is 0 Å². The smallest absolute Gasteiger partial charge is 0.273 e. The lowest BCUT2D eigenvalue weighted by Crippen LogP contribution is -1.91. The summed E-state index contributed by atoms with van der Waals surface area (Å²) in [6, 6.07) is 1.95. The van der Waals surface area contributed by atoms with Gasteiger partial charge in [-0.15, -0.1) is 11.3 Å². The van der Waals surface area contributed by atoms with Crippen LogP contribution in [0.15, 0.2) is 23.7 Å². The number of thiophene rings is 1. The third-order valence-corrected chi connectivity index (χ3v) is 4.12. The Morgan fingerprint density at radius 2 is 2.35 bits per heavy atom. The Hall–Kier alpha value is -1.46. The highest BCUT2D eigenvalue weighted by atomic mass is 32.1. The van der Waals surface area contributed by atoms with Crippen LogP contribution in [-0.2, 0) is 0 Å². The zero-order valence-electron chi connectivity index (χ0n) is 9.47. The van der Waals surface area contributed by atoms with Crippen molar-refractivity contribution in [2.45, 2.75) is 6.92 Å². The van der Waals surface area contributed by atoms with E-state index in [1.807, 2.05) is 18.4 Å².